The molecule has 0 bridgehead atoms. The molecule has 1 unspecified atom stereocenters. The van der Waals surface area contributed by atoms with Gasteiger partial charge in [-0.25, -0.2) is 0 Å². The Morgan fingerprint density at radius 1 is 1.42 bits per heavy atom. The van der Waals surface area contributed by atoms with Gasteiger partial charge in [0.05, 0.1) is 4.92 Å². The zero-order valence-electron chi connectivity index (χ0n) is 11.6. The second-order valence-electron chi connectivity index (χ2n) is 5.31. The van der Waals surface area contributed by atoms with Gasteiger partial charge < -0.3 is 10.2 Å². The van der Waals surface area contributed by atoms with Crippen LogP contribution in [0.1, 0.15) is 25.3 Å². The molecule has 0 saturated carbocycles. The van der Waals surface area contributed by atoms with Crippen molar-refractivity contribution in [3.05, 3.63) is 33.9 Å². The van der Waals surface area contributed by atoms with Crippen molar-refractivity contribution < 1.29 is 4.92 Å². The summed E-state index contributed by atoms with van der Waals surface area (Å²) in [5, 5.41) is 14.2. The highest BCUT2D eigenvalue weighted by molar-refractivity contribution is 5.57. The number of nitrogens with zero attached hydrogens (tertiary/aromatic N) is 2. The van der Waals surface area contributed by atoms with Crippen LogP contribution >= 0.6 is 0 Å². The number of nitro benzene ring substituents is 1. The van der Waals surface area contributed by atoms with Crippen LogP contribution in [-0.2, 0) is 0 Å². The molecule has 0 amide bonds. The molecule has 1 heterocycles. The number of hydrogen-bond donors (Lipinski definition) is 1. The van der Waals surface area contributed by atoms with Gasteiger partial charge in [-0.15, -0.1) is 0 Å². The molecule has 0 aliphatic carbocycles. The van der Waals surface area contributed by atoms with E-state index in [0.29, 0.717) is 6.04 Å². The SMILES string of the molecule is Cc1ccc([N+](=O)[O-])cc1NC(C)CN1CCCC1. The predicted molar refractivity (Wildman–Crippen MR) is 76.6 cm³/mol. The highest BCUT2D eigenvalue weighted by atomic mass is 16.6. The molecular weight excluding hydrogens is 242 g/mol. The molecule has 104 valence electrons. The van der Waals surface area contributed by atoms with Gasteiger partial charge in [0, 0.05) is 30.4 Å². The summed E-state index contributed by atoms with van der Waals surface area (Å²) in [5.41, 5.74) is 2.04. The lowest BCUT2D eigenvalue weighted by Gasteiger charge is -2.22. The molecule has 0 spiro atoms. The number of nitrogens with one attached hydrogen (secondary N) is 1. The third kappa shape index (κ3) is 3.67. The van der Waals surface area contributed by atoms with Crippen molar-refractivity contribution in [2.24, 2.45) is 0 Å². The molecule has 5 nitrogen and oxygen atoms in total. The lowest BCUT2D eigenvalue weighted by molar-refractivity contribution is -0.384. The van der Waals surface area contributed by atoms with Crippen LogP contribution in [0.15, 0.2) is 18.2 Å². The maximum atomic E-state index is 10.8. The summed E-state index contributed by atoms with van der Waals surface area (Å²) in [5.74, 6) is 0. The molecule has 1 fully saturated rings. The van der Waals surface area contributed by atoms with Gasteiger partial charge in [-0.1, -0.05) is 6.07 Å². The number of anilines is 1. The average molecular weight is 263 g/mol. The van der Waals surface area contributed by atoms with E-state index in [9.17, 15) is 10.1 Å². The molecule has 1 saturated heterocycles. The van der Waals surface area contributed by atoms with Crippen LogP contribution in [0.5, 0.6) is 0 Å². The Kier molecular flexibility index (Phi) is 4.37. The first kappa shape index (κ1) is 13.8. The van der Waals surface area contributed by atoms with Crippen LogP contribution in [0.4, 0.5) is 11.4 Å². The van der Waals surface area contributed by atoms with Gasteiger partial charge in [0.15, 0.2) is 0 Å². The molecule has 19 heavy (non-hydrogen) atoms. The van der Waals surface area contributed by atoms with Crippen molar-refractivity contribution in [2.75, 3.05) is 25.0 Å². The van der Waals surface area contributed by atoms with Crippen LogP contribution in [0, 0.1) is 17.0 Å². The molecule has 1 aliphatic rings. The molecule has 1 aliphatic heterocycles. The first-order valence-corrected chi connectivity index (χ1v) is 6.80. The zero-order chi connectivity index (χ0) is 13.8. The van der Waals surface area contributed by atoms with Crippen LogP contribution in [0.2, 0.25) is 0 Å². The average Bonchev–Trinajstić information content (AvgIpc) is 2.84. The molecule has 1 atom stereocenters. The highest BCUT2D eigenvalue weighted by Crippen LogP contribution is 2.22. The molecule has 1 aromatic carbocycles. The number of non-ortho nitro benzene ring substituents is 1. The van der Waals surface area contributed by atoms with E-state index in [4.69, 9.17) is 0 Å². The summed E-state index contributed by atoms with van der Waals surface area (Å²) in [7, 11) is 0. The monoisotopic (exact) mass is 263 g/mol. The molecule has 2 rings (SSSR count). The van der Waals surface area contributed by atoms with E-state index in [0.717, 1.165) is 17.8 Å². The minimum Gasteiger partial charge on any atom is -0.381 e. The fraction of sp³-hybridized carbons (Fsp3) is 0.571. The van der Waals surface area contributed by atoms with E-state index >= 15 is 0 Å². The van der Waals surface area contributed by atoms with E-state index < -0.39 is 0 Å². The first-order chi connectivity index (χ1) is 9.06. The van der Waals surface area contributed by atoms with Crippen LogP contribution in [0.25, 0.3) is 0 Å². The van der Waals surface area contributed by atoms with Crippen molar-refractivity contribution >= 4 is 11.4 Å². The van der Waals surface area contributed by atoms with E-state index in [1.807, 2.05) is 6.92 Å². The second-order valence-corrected chi connectivity index (χ2v) is 5.31. The molecule has 1 aromatic rings. The first-order valence-electron chi connectivity index (χ1n) is 6.80. The molecule has 1 N–H and O–H groups in total. The van der Waals surface area contributed by atoms with Crippen molar-refractivity contribution in [3.63, 3.8) is 0 Å². The standard InChI is InChI=1S/C14H21N3O2/c1-11-5-6-13(17(18)19)9-14(11)15-12(2)10-16-7-3-4-8-16/h5-6,9,12,15H,3-4,7-8,10H2,1-2H3. The lowest BCUT2D eigenvalue weighted by atomic mass is 10.1. The van der Waals surface area contributed by atoms with Crippen LogP contribution < -0.4 is 5.32 Å². The zero-order valence-corrected chi connectivity index (χ0v) is 11.6. The van der Waals surface area contributed by atoms with Crippen molar-refractivity contribution in [3.8, 4) is 0 Å². The smallest absolute Gasteiger partial charge is 0.271 e. The largest absolute Gasteiger partial charge is 0.381 e. The topological polar surface area (TPSA) is 58.4 Å². The second kappa shape index (κ2) is 6.02. The number of aryl methyl sites for hydroxylation is 1. The summed E-state index contributed by atoms with van der Waals surface area (Å²) in [6, 6.07) is 5.25. The van der Waals surface area contributed by atoms with Gasteiger partial charge in [0.25, 0.3) is 5.69 Å². The number of benzene rings is 1. The Labute approximate surface area is 113 Å². The Morgan fingerprint density at radius 2 is 2.11 bits per heavy atom. The third-order valence-electron chi connectivity index (χ3n) is 3.56. The van der Waals surface area contributed by atoms with Gasteiger partial charge >= 0.3 is 0 Å². The maximum Gasteiger partial charge on any atom is 0.271 e. The van der Waals surface area contributed by atoms with E-state index in [1.54, 1.807) is 18.2 Å². The van der Waals surface area contributed by atoms with Gasteiger partial charge in [-0.05, 0) is 45.3 Å². The third-order valence-corrected chi connectivity index (χ3v) is 3.56. The summed E-state index contributed by atoms with van der Waals surface area (Å²) < 4.78 is 0. The molecule has 0 aromatic heterocycles. The van der Waals surface area contributed by atoms with Gasteiger partial charge in [0.2, 0.25) is 0 Å². The lowest BCUT2D eigenvalue weighted by Crippen LogP contribution is -2.33. The van der Waals surface area contributed by atoms with Gasteiger partial charge in [0.1, 0.15) is 0 Å². The Bertz CT molecular complexity index is 456. The Hall–Kier alpha value is -1.62. The van der Waals surface area contributed by atoms with Crippen LogP contribution in [0.3, 0.4) is 0 Å². The minimum absolute atomic E-state index is 0.140. The highest BCUT2D eigenvalue weighted by Gasteiger charge is 2.16. The summed E-state index contributed by atoms with van der Waals surface area (Å²) in [6.45, 7) is 7.41. The molecular formula is C14H21N3O2. The molecule has 0 radical (unpaired) electrons. The number of rotatable bonds is 5. The summed E-state index contributed by atoms with van der Waals surface area (Å²) in [4.78, 5) is 12.9. The number of hydrogen-bond acceptors (Lipinski definition) is 4. The van der Waals surface area contributed by atoms with E-state index in [-0.39, 0.29) is 10.6 Å². The fourth-order valence-electron chi connectivity index (χ4n) is 2.54. The number of nitro groups is 1. The normalized spacial score (nSPS) is 17.4. The van der Waals surface area contributed by atoms with Crippen molar-refractivity contribution in [1.82, 2.24) is 4.90 Å². The molecule has 5 heteroatoms. The van der Waals surface area contributed by atoms with Crippen molar-refractivity contribution in [1.29, 1.82) is 0 Å². The number of likely N-dealkylation sites (tertiary alicyclic amines) is 1. The summed E-state index contributed by atoms with van der Waals surface area (Å²) in [6.07, 6.45) is 2.56. The predicted octanol–water partition coefficient (Wildman–Crippen LogP) is 2.80. The van der Waals surface area contributed by atoms with Gasteiger partial charge in [-0.2, -0.15) is 0 Å². The minimum atomic E-state index is -0.351. The Morgan fingerprint density at radius 3 is 2.74 bits per heavy atom. The van der Waals surface area contributed by atoms with Gasteiger partial charge in [-0.3, -0.25) is 10.1 Å². The van der Waals surface area contributed by atoms with Crippen LogP contribution in [-0.4, -0.2) is 35.5 Å². The summed E-state index contributed by atoms with van der Waals surface area (Å²) >= 11 is 0. The van der Waals surface area contributed by atoms with E-state index in [2.05, 4.69) is 17.1 Å². The van der Waals surface area contributed by atoms with E-state index in [1.165, 1.54) is 25.9 Å². The Balaban J connectivity index is 2.00. The van der Waals surface area contributed by atoms with Crippen molar-refractivity contribution in [2.45, 2.75) is 32.7 Å². The maximum absolute atomic E-state index is 10.8. The quantitative estimate of drug-likeness (QED) is 0.655. The fourth-order valence-corrected chi connectivity index (χ4v) is 2.54.